The van der Waals surface area contributed by atoms with Gasteiger partial charge in [-0.25, -0.2) is 4.98 Å². The van der Waals surface area contributed by atoms with Crippen LogP contribution in [0.5, 0.6) is 5.88 Å². The highest BCUT2D eigenvalue weighted by Gasteiger charge is 2.17. The lowest BCUT2D eigenvalue weighted by molar-refractivity contribution is 0.185. The summed E-state index contributed by atoms with van der Waals surface area (Å²) in [6.45, 7) is 1.68. The first-order valence-corrected chi connectivity index (χ1v) is 4.15. The van der Waals surface area contributed by atoms with Crippen molar-refractivity contribution in [1.29, 1.82) is 0 Å². The van der Waals surface area contributed by atoms with Gasteiger partial charge in [-0.3, -0.25) is 0 Å². The van der Waals surface area contributed by atoms with Crippen LogP contribution >= 0.6 is 0 Å². The normalized spacial score (nSPS) is 23.2. The smallest absolute Gasteiger partial charge is 0.208 e. The lowest BCUT2D eigenvalue weighted by Crippen LogP contribution is -2.04. The number of hydrogen-bond acceptors (Lipinski definition) is 3. The van der Waals surface area contributed by atoms with E-state index in [-0.39, 0.29) is 5.88 Å². The van der Waals surface area contributed by atoms with E-state index in [1.54, 1.807) is 0 Å². The van der Waals surface area contributed by atoms with Crippen molar-refractivity contribution in [3.8, 4) is 5.88 Å². The number of rotatable bonds is 2. The Kier molecular flexibility index (Phi) is 1.99. The average Bonchev–Trinajstić information content (AvgIpc) is 2.63. The molecule has 66 valence electrons. The van der Waals surface area contributed by atoms with Crippen LogP contribution in [0.1, 0.15) is 12.2 Å². The zero-order chi connectivity index (χ0) is 8.39. The second-order valence-electron chi connectivity index (χ2n) is 3.15. The fourth-order valence-electron chi connectivity index (χ4n) is 1.47. The first-order valence-electron chi connectivity index (χ1n) is 4.15. The number of aromatic hydroxyl groups is 1. The number of hydrogen-bond donors (Lipinski definition) is 2. The Morgan fingerprint density at radius 2 is 2.67 bits per heavy atom. The second-order valence-corrected chi connectivity index (χ2v) is 3.15. The maximum atomic E-state index is 8.98. The summed E-state index contributed by atoms with van der Waals surface area (Å²) < 4.78 is 5.23. The van der Waals surface area contributed by atoms with Gasteiger partial charge in [0.05, 0.1) is 6.20 Å². The van der Waals surface area contributed by atoms with Crippen LogP contribution in [0.25, 0.3) is 0 Å². The molecule has 1 atom stereocenters. The topological polar surface area (TPSA) is 58.1 Å². The first-order chi connectivity index (χ1) is 5.84. The van der Waals surface area contributed by atoms with Gasteiger partial charge in [0.25, 0.3) is 0 Å². The van der Waals surface area contributed by atoms with Crippen molar-refractivity contribution in [2.75, 3.05) is 13.2 Å². The molecule has 2 rings (SSSR count). The van der Waals surface area contributed by atoms with E-state index in [4.69, 9.17) is 9.84 Å². The van der Waals surface area contributed by atoms with Gasteiger partial charge in [0, 0.05) is 19.6 Å². The standard InChI is InChI=1S/C8H12N2O2/c11-8-4-9-7(10-8)3-6-1-2-12-5-6/h4,6,11H,1-3,5H2,(H,9,10). The number of aromatic nitrogens is 2. The first kappa shape index (κ1) is 7.61. The molecule has 1 aromatic rings. The van der Waals surface area contributed by atoms with E-state index < -0.39 is 0 Å². The SMILES string of the molecule is Oc1cnc(CC2CCOC2)[nH]1. The molecule has 4 heteroatoms. The summed E-state index contributed by atoms with van der Waals surface area (Å²) in [5.74, 6) is 1.56. The van der Waals surface area contributed by atoms with E-state index in [1.165, 1.54) is 6.20 Å². The van der Waals surface area contributed by atoms with Crippen molar-refractivity contribution in [3.63, 3.8) is 0 Å². The van der Waals surface area contributed by atoms with Crippen LogP contribution in [0.4, 0.5) is 0 Å². The Balaban J connectivity index is 1.94. The van der Waals surface area contributed by atoms with E-state index in [9.17, 15) is 0 Å². The van der Waals surface area contributed by atoms with Crippen LogP contribution in [-0.4, -0.2) is 28.3 Å². The molecule has 0 bridgehead atoms. The van der Waals surface area contributed by atoms with Crippen LogP contribution in [0.2, 0.25) is 0 Å². The Hall–Kier alpha value is -1.03. The number of imidazole rings is 1. The molecule has 0 saturated carbocycles. The highest BCUT2D eigenvalue weighted by atomic mass is 16.5. The number of H-pyrrole nitrogens is 1. The fraction of sp³-hybridized carbons (Fsp3) is 0.625. The van der Waals surface area contributed by atoms with E-state index in [0.717, 1.165) is 31.9 Å². The van der Waals surface area contributed by atoms with Crippen molar-refractivity contribution < 1.29 is 9.84 Å². The minimum atomic E-state index is 0.143. The molecule has 1 unspecified atom stereocenters. The molecule has 2 N–H and O–H groups in total. The maximum Gasteiger partial charge on any atom is 0.208 e. The highest BCUT2D eigenvalue weighted by molar-refractivity contribution is 5.05. The summed E-state index contributed by atoms with van der Waals surface area (Å²) in [6, 6.07) is 0. The largest absolute Gasteiger partial charge is 0.493 e. The third-order valence-corrected chi connectivity index (χ3v) is 2.12. The summed E-state index contributed by atoms with van der Waals surface area (Å²) in [5.41, 5.74) is 0. The van der Waals surface area contributed by atoms with Gasteiger partial charge in [0.2, 0.25) is 5.88 Å². The Bertz CT molecular complexity index is 253. The summed E-state index contributed by atoms with van der Waals surface area (Å²) >= 11 is 0. The average molecular weight is 168 g/mol. The zero-order valence-electron chi connectivity index (χ0n) is 6.79. The van der Waals surface area contributed by atoms with Crippen molar-refractivity contribution in [2.45, 2.75) is 12.8 Å². The van der Waals surface area contributed by atoms with Crippen molar-refractivity contribution in [1.82, 2.24) is 9.97 Å². The van der Waals surface area contributed by atoms with Gasteiger partial charge >= 0.3 is 0 Å². The quantitative estimate of drug-likeness (QED) is 0.683. The third-order valence-electron chi connectivity index (χ3n) is 2.12. The van der Waals surface area contributed by atoms with E-state index in [2.05, 4.69) is 9.97 Å². The molecule has 4 nitrogen and oxygen atoms in total. The number of ether oxygens (including phenoxy) is 1. The second kappa shape index (κ2) is 3.15. The molecular formula is C8H12N2O2. The molecule has 1 aliphatic heterocycles. The highest BCUT2D eigenvalue weighted by Crippen LogP contribution is 2.17. The van der Waals surface area contributed by atoms with Crippen LogP contribution in [0, 0.1) is 5.92 Å². The summed E-state index contributed by atoms with van der Waals surface area (Å²) in [7, 11) is 0. The maximum absolute atomic E-state index is 8.98. The summed E-state index contributed by atoms with van der Waals surface area (Å²) in [5, 5.41) is 8.98. The molecule has 2 heterocycles. The predicted octanol–water partition coefficient (Wildman–Crippen LogP) is 0.694. The Morgan fingerprint density at radius 1 is 1.75 bits per heavy atom. The zero-order valence-corrected chi connectivity index (χ0v) is 6.79. The van der Waals surface area contributed by atoms with Crippen LogP contribution < -0.4 is 0 Å². The van der Waals surface area contributed by atoms with Gasteiger partial charge in [-0.05, 0) is 12.3 Å². The van der Waals surface area contributed by atoms with Gasteiger partial charge < -0.3 is 14.8 Å². The summed E-state index contributed by atoms with van der Waals surface area (Å²) in [6.07, 6.45) is 3.41. The van der Waals surface area contributed by atoms with Crippen LogP contribution in [0.15, 0.2) is 6.20 Å². The van der Waals surface area contributed by atoms with Gasteiger partial charge in [0.15, 0.2) is 0 Å². The lowest BCUT2D eigenvalue weighted by Gasteiger charge is -2.02. The molecular weight excluding hydrogens is 156 g/mol. The van der Waals surface area contributed by atoms with Gasteiger partial charge in [0.1, 0.15) is 5.82 Å². The minimum Gasteiger partial charge on any atom is -0.493 e. The molecule has 0 aromatic carbocycles. The molecule has 1 saturated heterocycles. The van der Waals surface area contributed by atoms with E-state index >= 15 is 0 Å². The van der Waals surface area contributed by atoms with Crippen molar-refractivity contribution in [2.24, 2.45) is 5.92 Å². The van der Waals surface area contributed by atoms with Crippen LogP contribution in [-0.2, 0) is 11.2 Å². The number of aromatic amines is 1. The number of nitrogens with zero attached hydrogens (tertiary/aromatic N) is 1. The molecule has 0 aliphatic carbocycles. The van der Waals surface area contributed by atoms with Crippen molar-refractivity contribution >= 4 is 0 Å². The van der Waals surface area contributed by atoms with Gasteiger partial charge in [-0.1, -0.05) is 0 Å². The predicted molar refractivity (Wildman–Crippen MR) is 42.9 cm³/mol. The molecule has 1 fully saturated rings. The van der Waals surface area contributed by atoms with Crippen LogP contribution in [0.3, 0.4) is 0 Å². The lowest BCUT2D eigenvalue weighted by atomic mass is 10.1. The van der Waals surface area contributed by atoms with Gasteiger partial charge in [-0.2, -0.15) is 0 Å². The fourth-order valence-corrected chi connectivity index (χ4v) is 1.47. The third kappa shape index (κ3) is 1.58. The molecule has 1 aliphatic rings. The Labute approximate surface area is 70.6 Å². The molecule has 0 amide bonds. The summed E-state index contributed by atoms with van der Waals surface area (Å²) in [4.78, 5) is 6.81. The monoisotopic (exact) mass is 168 g/mol. The molecule has 0 spiro atoms. The van der Waals surface area contributed by atoms with E-state index in [0.29, 0.717) is 5.92 Å². The molecule has 1 aromatic heterocycles. The van der Waals surface area contributed by atoms with E-state index in [1.807, 2.05) is 0 Å². The molecule has 0 radical (unpaired) electrons. The van der Waals surface area contributed by atoms with Gasteiger partial charge in [-0.15, -0.1) is 0 Å². The minimum absolute atomic E-state index is 0.143. The number of nitrogens with one attached hydrogen (secondary N) is 1. The van der Waals surface area contributed by atoms with Crippen molar-refractivity contribution in [3.05, 3.63) is 12.0 Å². The molecule has 12 heavy (non-hydrogen) atoms. The Morgan fingerprint density at radius 3 is 3.25 bits per heavy atom.